The number of aliphatic imine (C=N–C) groups is 1. The predicted molar refractivity (Wildman–Crippen MR) is 59.3 cm³/mol. The molecule has 0 saturated carbocycles. The van der Waals surface area contributed by atoms with Gasteiger partial charge in [-0.3, -0.25) is 4.99 Å². The molecule has 2 unspecified atom stereocenters. The van der Waals surface area contributed by atoms with Gasteiger partial charge in [0.1, 0.15) is 0 Å². The molecule has 0 fully saturated rings. The predicted octanol–water partition coefficient (Wildman–Crippen LogP) is 3.60. The van der Waals surface area contributed by atoms with Crippen molar-refractivity contribution in [2.75, 3.05) is 0 Å². The Morgan fingerprint density at radius 3 is 2.62 bits per heavy atom. The summed E-state index contributed by atoms with van der Waals surface area (Å²) in [5.74, 6) is 0.687. The van der Waals surface area contributed by atoms with Gasteiger partial charge in [0.2, 0.25) is 0 Å². The van der Waals surface area contributed by atoms with E-state index in [4.69, 9.17) is 0 Å². The van der Waals surface area contributed by atoms with Crippen molar-refractivity contribution >= 4 is 6.21 Å². The maximum Gasteiger partial charge on any atom is 0.0813 e. The topological polar surface area (TPSA) is 12.4 Å². The zero-order valence-electron chi connectivity index (χ0n) is 9.09. The van der Waals surface area contributed by atoms with Gasteiger partial charge in [-0.1, -0.05) is 39.7 Å². The Balaban J connectivity index is 2.56. The first kappa shape index (κ1) is 10.5. The molecule has 0 aliphatic carbocycles. The van der Waals surface area contributed by atoms with Crippen molar-refractivity contribution in [3.05, 3.63) is 12.2 Å². The minimum absolute atomic E-state index is 0.134. The van der Waals surface area contributed by atoms with E-state index in [0.717, 1.165) is 6.42 Å². The fourth-order valence-corrected chi connectivity index (χ4v) is 2.04. The monoisotopic (exact) mass is 179 g/mol. The molecule has 0 N–H and O–H groups in total. The third-order valence-corrected chi connectivity index (χ3v) is 3.20. The quantitative estimate of drug-likeness (QED) is 0.611. The second kappa shape index (κ2) is 4.59. The third kappa shape index (κ3) is 2.20. The Hall–Kier alpha value is -0.590. The second-order valence-corrected chi connectivity index (χ2v) is 4.03. The highest BCUT2D eigenvalue weighted by Crippen LogP contribution is 2.33. The van der Waals surface area contributed by atoms with E-state index in [1.54, 1.807) is 0 Å². The summed E-state index contributed by atoms with van der Waals surface area (Å²) >= 11 is 0. The van der Waals surface area contributed by atoms with Gasteiger partial charge in [0.25, 0.3) is 0 Å². The van der Waals surface area contributed by atoms with Gasteiger partial charge < -0.3 is 0 Å². The SMILES string of the molecule is CCCCC(C)C1(CC)C=CC=N1. The summed E-state index contributed by atoms with van der Waals surface area (Å²) in [4.78, 5) is 4.60. The normalized spacial score (nSPS) is 28.2. The Labute approximate surface area is 82.0 Å². The maximum absolute atomic E-state index is 4.60. The average molecular weight is 179 g/mol. The van der Waals surface area contributed by atoms with Gasteiger partial charge in [-0.25, -0.2) is 0 Å². The maximum atomic E-state index is 4.60. The minimum Gasteiger partial charge on any atom is -0.282 e. The number of unbranched alkanes of at least 4 members (excludes halogenated alkanes) is 1. The van der Waals surface area contributed by atoms with Crippen molar-refractivity contribution in [3.8, 4) is 0 Å². The molecule has 1 aliphatic heterocycles. The lowest BCUT2D eigenvalue weighted by atomic mass is 9.81. The van der Waals surface area contributed by atoms with Gasteiger partial charge >= 0.3 is 0 Å². The molecule has 1 heterocycles. The Bertz CT molecular complexity index is 191. The smallest absolute Gasteiger partial charge is 0.0813 e. The van der Waals surface area contributed by atoms with Gasteiger partial charge in [-0.05, 0) is 24.8 Å². The highest BCUT2D eigenvalue weighted by atomic mass is 14.9. The van der Waals surface area contributed by atoms with E-state index in [1.165, 1.54) is 19.3 Å². The molecular formula is C12H21N. The molecule has 13 heavy (non-hydrogen) atoms. The summed E-state index contributed by atoms with van der Waals surface area (Å²) in [6, 6.07) is 0. The Morgan fingerprint density at radius 2 is 2.15 bits per heavy atom. The van der Waals surface area contributed by atoms with Crippen LogP contribution in [0, 0.1) is 5.92 Å². The summed E-state index contributed by atoms with van der Waals surface area (Å²) in [5.41, 5.74) is 0.134. The fraction of sp³-hybridized carbons (Fsp3) is 0.750. The van der Waals surface area contributed by atoms with Gasteiger partial charge in [0.05, 0.1) is 5.54 Å². The van der Waals surface area contributed by atoms with E-state index in [-0.39, 0.29) is 5.54 Å². The van der Waals surface area contributed by atoms with Crippen LogP contribution in [0.4, 0.5) is 0 Å². The lowest BCUT2D eigenvalue weighted by Crippen LogP contribution is -2.29. The van der Waals surface area contributed by atoms with Crippen molar-refractivity contribution in [1.29, 1.82) is 0 Å². The van der Waals surface area contributed by atoms with Crippen LogP contribution in [0.25, 0.3) is 0 Å². The van der Waals surface area contributed by atoms with Crippen LogP contribution in [0.5, 0.6) is 0 Å². The number of hydrogen-bond donors (Lipinski definition) is 0. The second-order valence-electron chi connectivity index (χ2n) is 4.03. The molecule has 0 aromatic carbocycles. The van der Waals surface area contributed by atoms with Crippen LogP contribution in [0.15, 0.2) is 17.1 Å². The van der Waals surface area contributed by atoms with Crippen LogP contribution >= 0.6 is 0 Å². The summed E-state index contributed by atoms with van der Waals surface area (Å²) in [6.07, 6.45) is 11.4. The van der Waals surface area contributed by atoms with Crippen molar-refractivity contribution in [2.24, 2.45) is 10.9 Å². The van der Waals surface area contributed by atoms with Gasteiger partial charge in [0, 0.05) is 6.21 Å². The molecule has 2 atom stereocenters. The Kier molecular flexibility index (Phi) is 3.71. The molecule has 0 bridgehead atoms. The van der Waals surface area contributed by atoms with Crippen molar-refractivity contribution in [2.45, 2.75) is 52.0 Å². The summed E-state index contributed by atoms with van der Waals surface area (Å²) < 4.78 is 0. The van der Waals surface area contributed by atoms with E-state index in [9.17, 15) is 0 Å². The van der Waals surface area contributed by atoms with Crippen LogP contribution in [-0.2, 0) is 0 Å². The molecular weight excluding hydrogens is 158 g/mol. The lowest BCUT2D eigenvalue weighted by molar-refractivity contribution is 0.328. The number of rotatable bonds is 5. The van der Waals surface area contributed by atoms with E-state index in [0.29, 0.717) is 5.92 Å². The van der Waals surface area contributed by atoms with Gasteiger partial charge in [0.15, 0.2) is 0 Å². The molecule has 1 rings (SSSR count). The van der Waals surface area contributed by atoms with Crippen LogP contribution in [0.3, 0.4) is 0 Å². The van der Waals surface area contributed by atoms with Crippen LogP contribution in [0.2, 0.25) is 0 Å². The molecule has 0 radical (unpaired) electrons. The zero-order chi connectivity index (χ0) is 9.73. The molecule has 1 aliphatic rings. The van der Waals surface area contributed by atoms with Crippen molar-refractivity contribution in [1.82, 2.24) is 0 Å². The molecule has 0 spiro atoms. The number of allylic oxidation sites excluding steroid dienone is 1. The molecule has 1 heteroatoms. The summed E-state index contributed by atoms with van der Waals surface area (Å²) in [7, 11) is 0. The molecule has 1 nitrogen and oxygen atoms in total. The third-order valence-electron chi connectivity index (χ3n) is 3.20. The first-order chi connectivity index (χ1) is 6.25. The van der Waals surface area contributed by atoms with E-state index < -0.39 is 0 Å². The van der Waals surface area contributed by atoms with Crippen molar-refractivity contribution in [3.63, 3.8) is 0 Å². The molecule has 0 saturated heterocycles. The lowest BCUT2D eigenvalue weighted by Gasteiger charge is -2.30. The molecule has 74 valence electrons. The van der Waals surface area contributed by atoms with E-state index >= 15 is 0 Å². The van der Waals surface area contributed by atoms with Gasteiger partial charge in [-0.15, -0.1) is 0 Å². The van der Waals surface area contributed by atoms with Gasteiger partial charge in [-0.2, -0.15) is 0 Å². The first-order valence-electron chi connectivity index (χ1n) is 5.48. The highest BCUT2D eigenvalue weighted by Gasteiger charge is 2.31. The van der Waals surface area contributed by atoms with Crippen molar-refractivity contribution < 1.29 is 0 Å². The Morgan fingerprint density at radius 1 is 1.38 bits per heavy atom. The van der Waals surface area contributed by atoms with E-state index in [2.05, 4.69) is 37.9 Å². The first-order valence-corrected chi connectivity index (χ1v) is 5.48. The minimum atomic E-state index is 0.134. The molecule has 0 aromatic rings. The van der Waals surface area contributed by atoms with E-state index in [1.807, 2.05) is 6.21 Å². The van der Waals surface area contributed by atoms with Crippen LogP contribution < -0.4 is 0 Å². The summed E-state index contributed by atoms with van der Waals surface area (Å²) in [6.45, 7) is 6.81. The highest BCUT2D eigenvalue weighted by molar-refractivity contribution is 5.75. The molecule has 0 aromatic heterocycles. The van der Waals surface area contributed by atoms with Crippen LogP contribution in [-0.4, -0.2) is 11.8 Å². The largest absolute Gasteiger partial charge is 0.282 e. The zero-order valence-corrected chi connectivity index (χ0v) is 9.09. The van der Waals surface area contributed by atoms with Crippen LogP contribution in [0.1, 0.15) is 46.5 Å². The fourth-order valence-electron chi connectivity index (χ4n) is 2.04. The number of nitrogens with zero attached hydrogens (tertiary/aromatic N) is 1. The average Bonchev–Trinajstić information content (AvgIpc) is 2.63. The number of hydrogen-bond acceptors (Lipinski definition) is 1. The standard InChI is InChI=1S/C12H21N/c1-4-6-8-11(3)12(5-2)9-7-10-13-12/h7,9-11H,4-6,8H2,1-3H3. The molecule has 0 amide bonds. The summed E-state index contributed by atoms with van der Waals surface area (Å²) in [5, 5.41) is 0.